The number of aryl methyl sites for hydroxylation is 1. The van der Waals surface area contributed by atoms with Gasteiger partial charge in [0.25, 0.3) is 0 Å². The smallest absolute Gasteiger partial charge is 0.0459 e. The first-order valence-electron chi connectivity index (χ1n) is 5.53. The number of benzene rings is 1. The molecular weight excluding hydrogens is 220 g/mol. The summed E-state index contributed by atoms with van der Waals surface area (Å²) in [6.45, 7) is 4.24. The molecule has 16 heavy (non-hydrogen) atoms. The monoisotopic (exact) mass is 238 g/mol. The van der Waals surface area contributed by atoms with Crippen molar-refractivity contribution < 1.29 is 0 Å². The molecule has 0 saturated heterocycles. The average Bonchev–Trinajstić information content (AvgIpc) is 2.60. The first-order chi connectivity index (χ1) is 7.20. The molecule has 0 bridgehead atoms. The fourth-order valence-electron chi connectivity index (χ4n) is 1.90. The molecule has 0 aliphatic rings. The minimum Gasteiger partial charge on any atom is -0.361 e. The molecule has 0 aliphatic carbocycles. The van der Waals surface area contributed by atoms with E-state index >= 15 is 0 Å². The Balaban J connectivity index is 0.00000128. The Morgan fingerprint density at radius 1 is 1.38 bits per heavy atom. The highest BCUT2D eigenvalue weighted by atomic mass is 35.5. The van der Waals surface area contributed by atoms with Crippen LogP contribution in [0.5, 0.6) is 0 Å². The highest BCUT2D eigenvalue weighted by molar-refractivity contribution is 5.85. The summed E-state index contributed by atoms with van der Waals surface area (Å²) >= 11 is 0. The van der Waals surface area contributed by atoms with Gasteiger partial charge in [0.2, 0.25) is 0 Å². The Labute approximate surface area is 103 Å². The van der Waals surface area contributed by atoms with E-state index < -0.39 is 0 Å². The van der Waals surface area contributed by atoms with E-state index in [2.05, 4.69) is 43.2 Å². The zero-order chi connectivity index (χ0) is 10.8. The van der Waals surface area contributed by atoms with Crippen LogP contribution >= 0.6 is 12.4 Å². The molecule has 3 heteroatoms. The molecule has 2 nitrogen and oxygen atoms in total. The second-order valence-electron chi connectivity index (χ2n) is 4.24. The summed E-state index contributed by atoms with van der Waals surface area (Å²) < 4.78 is 0. The summed E-state index contributed by atoms with van der Waals surface area (Å²) in [6.07, 6.45) is 4.07. The summed E-state index contributed by atoms with van der Waals surface area (Å²) in [6, 6.07) is 6.78. The van der Waals surface area contributed by atoms with Crippen LogP contribution in [-0.2, 0) is 6.42 Å². The van der Waals surface area contributed by atoms with Crippen LogP contribution in [0.15, 0.2) is 24.4 Å². The van der Waals surface area contributed by atoms with Crippen molar-refractivity contribution in [3.63, 3.8) is 0 Å². The first-order valence-corrected chi connectivity index (χ1v) is 5.53. The van der Waals surface area contributed by atoms with Crippen LogP contribution in [0, 0.1) is 6.92 Å². The Morgan fingerprint density at radius 2 is 2.12 bits per heavy atom. The molecule has 1 aromatic carbocycles. The van der Waals surface area contributed by atoms with Gasteiger partial charge in [-0.05, 0) is 37.0 Å². The second kappa shape index (κ2) is 5.37. The van der Waals surface area contributed by atoms with Gasteiger partial charge < -0.3 is 10.7 Å². The first kappa shape index (κ1) is 13.1. The average molecular weight is 239 g/mol. The number of H-pyrrole nitrogens is 1. The van der Waals surface area contributed by atoms with E-state index in [1.165, 1.54) is 22.0 Å². The minimum absolute atomic E-state index is 0. The number of hydrogen-bond donors (Lipinski definition) is 2. The zero-order valence-electron chi connectivity index (χ0n) is 9.79. The van der Waals surface area contributed by atoms with Crippen molar-refractivity contribution in [2.45, 2.75) is 32.7 Å². The van der Waals surface area contributed by atoms with E-state index in [-0.39, 0.29) is 18.4 Å². The van der Waals surface area contributed by atoms with E-state index in [1.807, 2.05) is 0 Å². The Morgan fingerprint density at radius 3 is 2.81 bits per heavy atom. The van der Waals surface area contributed by atoms with Crippen LogP contribution in [0.25, 0.3) is 10.9 Å². The van der Waals surface area contributed by atoms with E-state index in [9.17, 15) is 0 Å². The van der Waals surface area contributed by atoms with Crippen LogP contribution < -0.4 is 5.73 Å². The molecule has 3 N–H and O–H groups in total. The van der Waals surface area contributed by atoms with Crippen LogP contribution in [0.1, 0.15) is 24.5 Å². The molecule has 1 heterocycles. The van der Waals surface area contributed by atoms with Gasteiger partial charge in [-0.3, -0.25) is 0 Å². The fraction of sp³-hybridized carbons (Fsp3) is 0.385. The maximum atomic E-state index is 5.97. The van der Waals surface area contributed by atoms with E-state index in [4.69, 9.17) is 5.73 Å². The largest absolute Gasteiger partial charge is 0.361 e. The zero-order valence-corrected chi connectivity index (χ0v) is 10.6. The molecule has 0 aliphatic heterocycles. The summed E-state index contributed by atoms with van der Waals surface area (Å²) in [5, 5.41) is 1.31. The summed E-state index contributed by atoms with van der Waals surface area (Å²) in [7, 11) is 0. The third kappa shape index (κ3) is 2.57. The van der Waals surface area contributed by atoms with Crippen molar-refractivity contribution in [1.29, 1.82) is 0 Å². The van der Waals surface area contributed by atoms with E-state index in [1.54, 1.807) is 0 Å². The van der Waals surface area contributed by atoms with E-state index in [0.29, 0.717) is 0 Å². The number of halogens is 1. The topological polar surface area (TPSA) is 41.8 Å². The molecule has 1 atom stereocenters. The van der Waals surface area contributed by atoms with Gasteiger partial charge in [0.15, 0.2) is 0 Å². The van der Waals surface area contributed by atoms with E-state index in [0.717, 1.165) is 12.8 Å². The van der Waals surface area contributed by atoms with Crippen molar-refractivity contribution >= 4 is 23.3 Å². The lowest BCUT2D eigenvalue weighted by Crippen LogP contribution is -2.21. The number of hydrogen-bond acceptors (Lipinski definition) is 1. The van der Waals surface area contributed by atoms with Crippen LogP contribution in [0.4, 0.5) is 0 Å². The lowest BCUT2D eigenvalue weighted by atomic mass is 10.0. The van der Waals surface area contributed by atoms with Crippen LogP contribution in [-0.4, -0.2) is 11.0 Å². The summed E-state index contributed by atoms with van der Waals surface area (Å²) in [4.78, 5) is 3.30. The highest BCUT2D eigenvalue weighted by Gasteiger charge is 2.07. The van der Waals surface area contributed by atoms with Crippen LogP contribution in [0.2, 0.25) is 0 Å². The van der Waals surface area contributed by atoms with Crippen molar-refractivity contribution in [1.82, 2.24) is 4.98 Å². The lowest BCUT2D eigenvalue weighted by molar-refractivity contribution is 0.648. The number of fused-ring (bicyclic) bond motifs is 1. The molecule has 0 amide bonds. The maximum absolute atomic E-state index is 5.97. The number of aromatic nitrogens is 1. The standard InChI is InChI=1S/C13H18N2.ClH/c1-3-11(14)7-10-8-15-13-6-9(2)4-5-12(10)13;/h4-6,8,11,15H,3,7,14H2,1-2H3;1H. The quantitative estimate of drug-likeness (QED) is 0.848. The van der Waals surface area contributed by atoms with Crippen molar-refractivity contribution in [3.8, 4) is 0 Å². The molecule has 0 fully saturated rings. The number of nitrogens with two attached hydrogens (primary N) is 1. The third-order valence-electron chi connectivity index (χ3n) is 2.93. The van der Waals surface area contributed by atoms with Crippen LogP contribution in [0.3, 0.4) is 0 Å². The van der Waals surface area contributed by atoms with Gasteiger partial charge in [0.1, 0.15) is 0 Å². The Bertz CT molecular complexity index is 462. The third-order valence-corrected chi connectivity index (χ3v) is 2.93. The second-order valence-corrected chi connectivity index (χ2v) is 4.24. The molecule has 0 spiro atoms. The minimum atomic E-state index is 0. The predicted molar refractivity (Wildman–Crippen MR) is 72.3 cm³/mol. The number of aromatic amines is 1. The van der Waals surface area contributed by atoms with Gasteiger partial charge in [-0.2, -0.15) is 0 Å². The molecule has 0 radical (unpaired) electrons. The van der Waals surface area contributed by atoms with Crippen molar-refractivity contribution in [3.05, 3.63) is 35.5 Å². The maximum Gasteiger partial charge on any atom is 0.0459 e. The summed E-state index contributed by atoms with van der Waals surface area (Å²) in [5.74, 6) is 0. The fourth-order valence-corrected chi connectivity index (χ4v) is 1.90. The van der Waals surface area contributed by atoms with Gasteiger partial charge in [-0.1, -0.05) is 19.1 Å². The Hall–Kier alpha value is -0.990. The van der Waals surface area contributed by atoms with Crippen molar-refractivity contribution in [2.75, 3.05) is 0 Å². The normalized spacial score (nSPS) is 12.4. The molecule has 2 aromatic rings. The Kier molecular flexibility index (Phi) is 4.39. The SMILES string of the molecule is CCC(N)Cc1c[nH]c2cc(C)ccc12.Cl. The van der Waals surface area contributed by atoms with Gasteiger partial charge in [-0.15, -0.1) is 12.4 Å². The van der Waals surface area contributed by atoms with Gasteiger partial charge in [0, 0.05) is 23.1 Å². The molecule has 0 saturated carbocycles. The number of nitrogens with one attached hydrogen (secondary N) is 1. The lowest BCUT2D eigenvalue weighted by Gasteiger charge is -2.06. The molecule has 88 valence electrons. The molecular formula is C13H19ClN2. The predicted octanol–water partition coefficient (Wildman–Crippen LogP) is 3.18. The molecule has 1 unspecified atom stereocenters. The van der Waals surface area contributed by atoms with Gasteiger partial charge >= 0.3 is 0 Å². The van der Waals surface area contributed by atoms with Gasteiger partial charge in [0.05, 0.1) is 0 Å². The van der Waals surface area contributed by atoms with Gasteiger partial charge in [-0.25, -0.2) is 0 Å². The number of rotatable bonds is 3. The van der Waals surface area contributed by atoms with Crippen molar-refractivity contribution in [2.24, 2.45) is 5.73 Å². The summed E-state index contributed by atoms with van der Waals surface area (Å²) in [5.41, 5.74) is 9.81. The highest BCUT2D eigenvalue weighted by Crippen LogP contribution is 2.20. The molecule has 1 aromatic heterocycles. The molecule has 2 rings (SSSR count).